The molecule has 0 aromatic heterocycles. The number of rotatable bonds is 4. The van der Waals surface area contributed by atoms with Crippen LogP contribution in [0.15, 0.2) is 0 Å². The summed E-state index contributed by atoms with van der Waals surface area (Å²) in [5, 5.41) is 2.50. The van der Waals surface area contributed by atoms with E-state index in [1.165, 1.54) is 11.8 Å². The molecule has 1 atom stereocenters. The number of carbonyl (C=O) groups excluding carboxylic acids is 1. The number of amides is 1. The quantitative estimate of drug-likeness (QED) is 0.668. The minimum absolute atomic E-state index is 0.0994. The van der Waals surface area contributed by atoms with E-state index in [0.29, 0.717) is 5.75 Å². The second kappa shape index (κ2) is 5.53. The molecule has 4 heteroatoms. The first kappa shape index (κ1) is 9.75. The molecule has 0 aliphatic carbocycles. The minimum atomic E-state index is -0.500. The molecule has 1 unspecified atom stereocenters. The Bertz CT molecular complexity index is 110. The summed E-state index contributed by atoms with van der Waals surface area (Å²) in [6.07, 6.45) is 1.83. The molecule has 0 rings (SSSR count). The van der Waals surface area contributed by atoms with Crippen molar-refractivity contribution in [3.8, 4) is 0 Å². The van der Waals surface area contributed by atoms with Crippen LogP contribution in [0.25, 0.3) is 0 Å². The SMILES string of the molecule is CSCC(=O)NC(C)CF. The van der Waals surface area contributed by atoms with Crippen molar-refractivity contribution in [2.75, 3.05) is 18.7 Å². The van der Waals surface area contributed by atoms with Crippen molar-refractivity contribution in [2.24, 2.45) is 0 Å². The Hall–Kier alpha value is -0.250. The van der Waals surface area contributed by atoms with Crippen molar-refractivity contribution < 1.29 is 9.18 Å². The van der Waals surface area contributed by atoms with Gasteiger partial charge in [-0.25, -0.2) is 4.39 Å². The normalized spacial score (nSPS) is 12.7. The summed E-state index contributed by atoms with van der Waals surface area (Å²) in [7, 11) is 0. The summed E-state index contributed by atoms with van der Waals surface area (Å²) in [6, 6.07) is -0.348. The fourth-order valence-corrected chi connectivity index (χ4v) is 0.832. The number of alkyl halides is 1. The summed E-state index contributed by atoms with van der Waals surface area (Å²) in [6.45, 7) is 1.14. The average molecular weight is 165 g/mol. The van der Waals surface area contributed by atoms with Gasteiger partial charge >= 0.3 is 0 Å². The molecule has 0 aromatic carbocycles. The zero-order valence-corrected chi connectivity index (χ0v) is 7.00. The highest BCUT2D eigenvalue weighted by Crippen LogP contribution is 1.91. The molecular formula is C6H12FNOS. The molecule has 1 amide bonds. The molecule has 1 N–H and O–H groups in total. The van der Waals surface area contributed by atoms with E-state index in [0.717, 1.165) is 0 Å². The van der Waals surface area contributed by atoms with Crippen molar-refractivity contribution in [3.05, 3.63) is 0 Å². The summed E-state index contributed by atoms with van der Waals surface area (Å²) >= 11 is 1.43. The van der Waals surface area contributed by atoms with E-state index in [9.17, 15) is 9.18 Å². The van der Waals surface area contributed by atoms with Gasteiger partial charge in [-0.3, -0.25) is 4.79 Å². The Kier molecular flexibility index (Phi) is 5.39. The second-order valence-corrected chi connectivity index (χ2v) is 2.92. The van der Waals surface area contributed by atoms with Crippen LogP contribution in [0.4, 0.5) is 4.39 Å². The van der Waals surface area contributed by atoms with Gasteiger partial charge < -0.3 is 5.32 Å². The van der Waals surface area contributed by atoms with Crippen LogP contribution in [-0.4, -0.2) is 30.6 Å². The van der Waals surface area contributed by atoms with Crippen LogP contribution in [-0.2, 0) is 4.79 Å². The lowest BCUT2D eigenvalue weighted by molar-refractivity contribution is -0.119. The fourth-order valence-electron chi connectivity index (χ4n) is 0.486. The summed E-state index contributed by atoms with van der Waals surface area (Å²) in [5.74, 6) is 0.308. The summed E-state index contributed by atoms with van der Waals surface area (Å²) < 4.78 is 11.8. The molecule has 0 radical (unpaired) electrons. The van der Waals surface area contributed by atoms with Crippen molar-refractivity contribution in [1.29, 1.82) is 0 Å². The van der Waals surface area contributed by atoms with E-state index < -0.39 is 6.67 Å². The number of hydrogen-bond acceptors (Lipinski definition) is 2. The van der Waals surface area contributed by atoms with Crippen molar-refractivity contribution in [2.45, 2.75) is 13.0 Å². The lowest BCUT2D eigenvalue weighted by Gasteiger charge is -2.07. The largest absolute Gasteiger partial charge is 0.350 e. The molecule has 10 heavy (non-hydrogen) atoms. The third-order valence-electron chi connectivity index (χ3n) is 0.914. The van der Waals surface area contributed by atoms with Crippen LogP contribution in [0.3, 0.4) is 0 Å². The summed E-state index contributed by atoms with van der Waals surface area (Å²) in [5.41, 5.74) is 0. The zero-order chi connectivity index (χ0) is 7.98. The topological polar surface area (TPSA) is 29.1 Å². The van der Waals surface area contributed by atoms with Gasteiger partial charge in [0.2, 0.25) is 5.91 Å². The Morgan fingerprint density at radius 1 is 1.80 bits per heavy atom. The van der Waals surface area contributed by atoms with Gasteiger partial charge in [-0.2, -0.15) is 11.8 Å². The summed E-state index contributed by atoms with van der Waals surface area (Å²) in [4.78, 5) is 10.7. The first-order chi connectivity index (χ1) is 4.70. The van der Waals surface area contributed by atoms with Crippen molar-refractivity contribution in [3.63, 3.8) is 0 Å². The molecule has 0 spiro atoms. The maximum absolute atomic E-state index is 11.8. The molecule has 0 fully saturated rings. The monoisotopic (exact) mass is 165 g/mol. The smallest absolute Gasteiger partial charge is 0.230 e. The standard InChI is InChI=1S/C6H12FNOS/c1-5(3-7)8-6(9)4-10-2/h5H,3-4H2,1-2H3,(H,8,9). The van der Waals surface area contributed by atoms with E-state index in [-0.39, 0.29) is 11.9 Å². The van der Waals surface area contributed by atoms with E-state index >= 15 is 0 Å². The molecule has 0 aliphatic heterocycles. The first-order valence-electron chi connectivity index (χ1n) is 3.05. The van der Waals surface area contributed by atoms with E-state index in [2.05, 4.69) is 5.32 Å². The Balaban J connectivity index is 3.37. The zero-order valence-electron chi connectivity index (χ0n) is 6.19. The van der Waals surface area contributed by atoms with Crippen LogP contribution < -0.4 is 5.32 Å². The van der Waals surface area contributed by atoms with Crippen LogP contribution in [0.5, 0.6) is 0 Å². The van der Waals surface area contributed by atoms with Crippen LogP contribution in [0, 0.1) is 0 Å². The Morgan fingerprint density at radius 2 is 2.40 bits per heavy atom. The van der Waals surface area contributed by atoms with Gasteiger partial charge in [-0.1, -0.05) is 0 Å². The van der Waals surface area contributed by atoms with Crippen LogP contribution in [0.2, 0.25) is 0 Å². The molecule has 0 aromatic rings. The van der Waals surface area contributed by atoms with Crippen LogP contribution in [0.1, 0.15) is 6.92 Å². The van der Waals surface area contributed by atoms with Gasteiger partial charge in [0, 0.05) is 0 Å². The fraction of sp³-hybridized carbons (Fsp3) is 0.833. The third kappa shape index (κ3) is 4.61. The van der Waals surface area contributed by atoms with Crippen molar-refractivity contribution in [1.82, 2.24) is 5.32 Å². The van der Waals surface area contributed by atoms with Gasteiger partial charge in [0.15, 0.2) is 0 Å². The van der Waals surface area contributed by atoms with Crippen LogP contribution >= 0.6 is 11.8 Å². The molecule has 0 saturated carbocycles. The molecular weight excluding hydrogens is 153 g/mol. The number of hydrogen-bond donors (Lipinski definition) is 1. The average Bonchev–Trinajstić information content (AvgIpc) is 1.88. The molecule has 0 aliphatic rings. The number of halogens is 1. The number of thioether (sulfide) groups is 1. The van der Waals surface area contributed by atoms with Gasteiger partial charge in [0.1, 0.15) is 6.67 Å². The van der Waals surface area contributed by atoms with Crippen molar-refractivity contribution >= 4 is 17.7 Å². The highest BCUT2D eigenvalue weighted by molar-refractivity contribution is 7.99. The number of nitrogens with one attached hydrogen (secondary N) is 1. The van der Waals surface area contributed by atoms with E-state index in [1.54, 1.807) is 6.92 Å². The molecule has 60 valence electrons. The van der Waals surface area contributed by atoms with E-state index in [1.807, 2.05) is 6.26 Å². The Morgan fingerprint density at radius 3 is 2.80 bits per heavy atom. The number of carbonyl (C=O) groups is 1. The predicted octanol–water partition coefficient (Wildman–Crippen LogP) is 0.824. The molecule has 0 heterocycles. The van der Waals surface area contributed by atoms with Gasteiger partial charge in [0.05, 0.1) is 11.8 Å². The molecule has 0 bridgehead atoms. The van der Waals surface area contributed by atoms with Gasteiger partial charge in [0.25, 0.3) is 0 Å². The maximum atomic E-state index is 11.8. The third-order valence-corrected chi connectivity index (χ3v) is 1.47. The minimum Gasteiger partial charge on any atom is -0.350 e. The predicted molar refractivity (Wildman–Crippen MR) is 42.0 cm³/mol. The highest BCUT2D eigenvalue weighted by Gasteiger charge is 2.04. The van der Waals surface area contributed by atoms with E-state index in [4.69, 9.17) is 0 Å². The highest BCUT2D eigenvalue weighted by atomic mass is 32.2. The maximum Gasteiger partial charge on any atom is 0.230 e. The lowest BCUT2D eigenvalue weighted by atomic mass is 10.4. The molecule has 2 nitrogen and oxygen atoms in total. The lowest BCUT2D eigenvalue weighted by Crippen LogP contribution is -2.35. The van der Waals surface area contributed by atoms with Gasteiger partial charge in [-0.15, -0.1) is 0 Å². The Labute approximate surface area is 64.6 Å². The van der Waals surface area contributed by atoms with Gasteiger partial charge in [-0.05, 0) is 13.2 Å². The molecule has 0 saturated heterocycles. The first-order valence-corrected chi connectivity index (χ1v) is 4.44. The second-order valence-electron chi connectivity index (χ2n) is 2.06.